The fourth-order valence-corrected chi connectivity index (χ4v) is 2.04. The van der Waals surface area contributed by atoms with Crippen LogP contribution in [0.2, 0.25) is 5.02 Å². The van der Waals surface area contributed by atoms with Crippen LogP contribution in [0.15, 0.2) is 18.2 Å². The van der Waals surface area contributed by atoms with Crippen molar-refractivity contribution >= 4 is 40.4 Å². The molecular formula is C13H18ClN3OS. The third-order valence-electron chi connectivity index (χ3n) is 2.47. The molecule has 0 aliphatic heterocycles. The highest BCUT2D eigenvalue weighted by molar-refractivity contribution is 7.80. The molecule has 0 heterocycles. The molecule has 1 aromatic rings. The Balaban J connectivity index is 2.92. The van der Waals surface area contributed by atoms with Crippen LogP contribution in [0.4, 0.5) is 5.69 Å². The summed E-state index contributed by atoms with van der Waals surface area (Å²) < 4.78 is 0. The zero-order valence-corrected chi connectivity index (χ0v) is 12.8. The summed E-state index contributed by atoms with van der Waals surface area (Å²) >= 11 is 11.0. The topological polar surface area (TPSA) is 58.4 Å². The molecule has 19 heavy (non-hydrogen) atoms. The van der Waals surface area contributed by atoms with Gasteiger partial charge in [0.05, 0.1) is 6.54 Å². The van der Waals surface area contributed by atoms with Gasteiger partial charge in [-0.25, -0.2) is 0 Å². The SMILES string of the molecule is CC(C)NC(=O)CN(C)c1cc(Cl)ccc1C(N)=S. The first-order chi connectivity index (χ1) is 8.81. The maximum absolute atomic E-state index is 11.8. The second-order valence-corrected chi connectivity index (χ2v) is 5.48. The Labute approximate surface area is 123 Å². The van der Waals surface area contributed by atoms with Crippen LogP contribution < -0.4 is 16.0 Å². The number of hydrogen-bond acceptors (Lipinski definition) is 3. The first-order valence-corrected chi connectivity index (χ1v) is 6.69. The molecular weight excluding hydrogens is 282 g/mol. The zero-order valence-electron chi connectivity index (χ0n) is 11.2. The van der Waals surface area contributed by atoms with Gasteiger partial charge in [0.1, 0.15) is 4.99 Å². The van der Waals surface area contributed by atoms with Gasteiger partial charge in [-0.05, 0) is 32.0 Å². The first-order valence-electron chi connectivity index (χ1n) is 5.91. The third-order valence-corrected chi connectivity index (χ3v) is 2.92. The number of hydrogen-bond donors (Lipinski definition) is 2. The molecule has 6 heteroatoms. The Hall–Kier alpha value is -1.33. The minimum absolute atomic E-state index is 0.0636. The predicted molar refractivity (Wildman–Crippen MR) is 83.9 cm³/mol. The summed E-state index contributed by atoms with van der Waals surface area (Å²) in [6.07, 6.45) is 0. The van der Waals surface area contributed by atoms with Gasteiger partial charge in [-0.15, -0.1) is 0 Å². The average Bonchev–Trinajstić information content (AvgIpc) is 2.26. The number of benzene rings is 1. The lowest BCUT2D eigenvalue weighted by Gasteiger charge is -2.22. The van der Waals surface area contributed by atoms with E-state index in [2.05, 4.69) is 5.32 Å². The van der Waals surface area contributed by atoms with E-state index in [0.29, 0.717) is 10.6 Å². The van der Waals surface area contributed by atoms with Gasteiger partial charge in [0.25, 0.3) is 0 Å². The van der Waals surface area contributed by atoms with E-state index in [-0.39, 0.29) is 23.5 Å². The third kappa shape index (κ3) is 4.69. The van der Waals surface area contributed by atoms with Crippen molar-refractivity contribution in [3.05, 3.63) is 28.8 Å². The lowest BCUT2D eigenvalue weighted by atomic mass is 10.1. The molecule has 0 aromatic heterocycles. The fraction of sp³-hybridized carbons (Fsp3) is 0.385. The molecule has 1 amide bonds. The van der Waals surface area contributed by atoms with Gasteiger partial charge in [0.15, 0.2) is 0 Å². The fourth-order valence-electron chi connectivity index (χ4n) is 1.70. The summed E-state index contributed by atoms with van der Waals surface area (Å²) in [5.41, 5.74) is 7.13. The van der Waals surface area contributed by atoms with Crippen molar-refractivity contribution in [2.24, 2.45) is 5.73 Å². The number of nitrogens with two attached hydrogens (primary N) is 1. The number of thiocarbonyl (C=S) groups is 1. The highest BCUT2D eigenvalue weighted by Crippen LogP contribution is 2.24. The molecule has 1 rings (SSSR count). The molecule has 0 radical (unpaired) electrons. The van der Waals surface area contributed by atoms with Gasteiger partial charge >= 0.3 is 0 Å². The van der Waals surface area contributed by atoms with Crippen LogP contribution in [0.25, 0.3) is 0 Å². The standard InChI is InChI=1S/C13H18ClN3OS/c1-8(2)16-12(18)7-17(3)11-6-9(14)4-5-10(11)13(15)19/h4-6,8H,7H2,1-3H3,(H2,15,19)(H,16,18). The van der Waals surface area contributed by atoms with Crippen LogP contribution >= 0.6 is 23.8 Å². The average molecular weight is 300 g/mol. The van der Waals surface area contributed by atoms with Gasteiger partial charge in [0.2, 0.25) is 5.91 Å². The Bertz CT molecular complexity index is 491. The molecule has 0 fully saturated rings. The summed E-state index contributed by atoms with van der Waals surface area (Å²) in [5.74, 6) is -0.0636. The summed E-state index contributed by atoms with van der Waals surface area (Å²) in [6.45, 7) is 4.05. The quantitative estimate of drug-likeness (QED) is 0.816. The van der Waals surface area contributed by atoms with E-state index in [0.717, 1.165) is 5.69 Å². The van der Waals surface area contributed by atoms with Gasteiger partial charge in [-0.1, -0.05) is 23.8 Å². The van der Waals surface area contributed by atoms with E-state index in [1.165, 1.54) is 0 Å². The minimum Gasteiger partial charge on any atom is -0.389 e. The number of nitrogens with one attached hydrogen (secondary N) is 1. The van der Waals surface area contributed by atoms with Crippen molar-refractivity contribution < 1.29 is 4.79 Å². The molecule has 0 aliphatic rings. The van der Waals surface area contributed by atoms with Crippen LogP contribution in [-0.4, -0.2) is 30.5 Å². The second-order valence-electron chi connectivity index (χ2n) is 4.60. The molecule has 0 spiro atoms. The van der Waals surface area contributed by atoms with Crippen molar-refractivity contribution in [3.63, 3.8) is 0 Å². The first kappa shape index (κ1) is 15.7. The number of likely N-dealkylation sites (N-methyl/N-ethyl adjacent to an activating group) is 1. The van der Waals surface area contributed by atoms with Crippen LogP contribution in [0.3, 0.4) is 0 Å². The molecule has 4 nitrogen and oxygen atoms in total. The molecule has 0 saturated heterocycles. The molecule has 1 aromatic carbocycles. The number of rotatable bonds is 5. The van der Waals surface area contributed by atoms with Crippen molar-refractivity contribution in [3.8, 4) is 0 Å². The molecule has 0 atom stereocenters. The van der Waals surface area contributed by atoms with E-state index in [1.54, 1.807) is 30.1 Å². The Kier molecular flexibility index (Phi) is 5.57. The van der Waals surface area contributed by atoms with Crippen LogP contribution in [0, 0.1) is 0 Å². The smallest absolute Gasteiger partial charge is 0.239 e. The largest absolute Gasteiger partial charge is 0.389 e. The number of halogens is 1. The summed E-state index contributed by atoms with van der Waals surface area (Å²) in [4.78, 5) is 13.8. The zero-order chi connectivity index (χ0) is 14.6. The summed E-state index contributed by atoms with van der Waals surface area (Å²) in [6, 6.07) is 5.34. The van der Waals surface area contributed by atoms with Crippen LogP contribution in [-0.2, 0) is 4.79 Å². The van der Waals surface area contributed by atoms with Crippen molar-refractivity contribution in [2.45, 2.75) is 19.9 Å². The highest BCUT2D eigenvalue weighted by Gasteiger charge is 2.13. The number of amides is 1. The lowest BCUT2D eigenvalue weighted by Crippen LogP contribution is -2.39. The van der Waals surface area contributed by atoms with Gasteiger partial charge in [-0.2, -0.15) is 0 Å². The maximum atomic E-state index is 11.8. The Morgan fingerprint density at radius 2 is 2.16 bits per heavy atom. The Morgan fingerprint density at radius 3 is 2.68 bits per heavy atom. The van der Waals surface area contributed by atoms with Gasteiger partial charge in [-0.3, -0.25) is 4.79 Å². The highest BCUT2D eigenvalue weighted by atomic mass is 35.5. The molecule has 0 saturated carbocycles. The molecule has 0 aliphatic carbocycles. The molecule has 104 valence electrons. The van der Waals surface area contributed by atoms with E-state index < -0.39 is 0 Å². The molecule has 0 unspecified atom stereocenters. The molecule has 0 bridgehead atoms. The van der Waals surface area contributed by atoms with Gasteiger partial charge < -0.3 is 16.0 Å². The normalized spacial score (nSPS) is 10.4. The number of anilines is 1. The van der Waals surface area contributed by atoms with Crippen molar-refractivity contribution in [1.29, 1.82) is 0 Å². The van der Waals surface area contributed by atoms with Crippen molar-refractivity contribution in [1.82, 2.24) is 5.32 Å². The van der Waals surface area contributed by atoms with E-state index >= 15 is 0 Å². The van der Waals surface area contributed by atoms with E-state index in [9.17, 15) is 4.79 Å². The van der Waals surface area contributed by atoms with E-state index in [4.69, 9.17) is 29.6 Å². The van der Waals surface area contributed by atoms with Crippen LogP contribution in [0.5, 0.6) is 0 Å². The summed E-state index contributed by atoms with van der Waals surface area (Å²) in [7, 11) is 1.80. The predicted octanol–water partition coefficient (Wildman–Crippen LogP) is 1.93. The maximum Gasteiger partial charge on any atom is 0.239 e. The summed E-state index contributed by atoms with van der Waals surface area (Å²) in [5, 5.41) is 3.40. The number of nitrogens with zero attached hydrogens (tertiary/aromatic N) is 1. The Morgan fingerprint density at radius 1 is 1.53 bits per heavy atom. The second kappa shape index (κ2) is 6.73. The van der Waals surface area contributed by atoms with E-state index in [1.807, 2.05) is 13.8 Å². The number of carbonyl (C=O) groups is 1. The monoisotopic (exact) mass is 299 g/mol. The van der Waals surface area contributed by atoms with Crippen molar-refractivity contribution in [2.75, 3.05) is 18.5 Å². The van der Waals surface area contributed by atoms with Crippen LogP contribution in [0.1, 0.15) is 19.4 Å². The minimum atomic E-state index is -0.0636. The van der Waals surface area contributed by atoms with Gasteiger partial charge in [0, 0.05) is 29.4 Å². The molecule has 3 N–H and O–H groups in total. The number of carbonyl (C=O) groups excluding carboxylic acids is 1. The lowest BCUT2D eigenvalue weighted by molar-refractivity contribution is -0.120.